The van der Waals surface area contributed by atoms with Crippen molar-refractivity contribution in [3.63, 3.8) is 0 Å². The van der Waals surface area contributed by atoms with Gasteiger partial charge in [0.2, 0.25) is 0 Å². The minimum absolute atomic E-state index is 0.178. The predicted octanol–water partition coefficient (Wildman–Crippen LogP) is 2.83. The summed E-state index contributed by atoms with van der Waals surface area (Å²) in [7, 11) is 1.39. The van der Waals surface area contributed by atoms with E-state index in [-0.39, 0.29) is 17.9 Å². The molecule has 120 valence electrons. The van der Waals surface area contributed by atoms with Crippen molar-refractivity contribution in [2.45, 2.75) is 38.0 Å². The number of aromatic nitrogens is 1. The van der Waals surface area contributed by atoms with Gasteiger partial charge in [0.25, 0.3) is 0 Å². The van der Waals surface area contributed by atoms with Crippen molar-refractivity contribution in [1.82, 2.24) is 9.88 Å². The maximum atomic E-state index is 12.3. The van der Waals surface area contributed by atoms with Crippen molar-refractivity contribution in [2.24, 2.45) is 5.92 Å². The van der Waals surface area contributed by atoms with Crippen LogP contribution in [0.4, 0.5) is 9.93 Å². The van der Waals surface area contributed by atoms with Crippen LogP contribution in [0.25, 0.3) is 0 Å². The Balaban J connectivity index is 1.56. The molecule has 1 aliphatic heterocycles. The molecule has 1 saturated heterocycles. The van der Waals surface area contributed by atoms with Crippen molar-refractivity contribution in [3.8, 4) is 0 Å². The topological polar surface area (TPSA) is 71.5 Å². The Kier molecular flexibility index (Phi) is 4.61. The molecule has 1 aliphatic carbocycles. The first-order chi connectivity index (χ1) is 10.7. The number of nitrogens with one attached hydrogen (secondary N) is 1. The summed E-state index contributed by atoms with van der Waals surface area (Å²) in [4.78, 5) is 30.1. The molecule has 2 heterocycles. The van der Waals surface area contributed by atoms with Crippen LogP contribution in [0, 0.1) is 5.92 Å². The number of carbonyl (C=O) groups excluding carboxylic acids is 2. The largest absolute Gasteiger partial charge is 0.469 e. The van der Waals surface area contributed by atoms with Crippen molar-refractivity contribution < 1.29 is 14.3 Å². The highest BCUT2D eigenvalue weighted by molar-refractivity contribution is 7.13. The monoisotopic (exact) mass is 323 g/mol. The molecule has 6 nitrogen and oxygen atoms in total. The lowest BCUT2D eigenvalue weighted by atomic mass is 9.83. The number of hydrogen-bond donors (Lipinski definition) is 1. The number of esters is 1. The molecular formula is C15H21N3O3S. The molecule has 0 bridgehead atoms. The molecule has 1 unspecified atom stereocenters. The van der Waals surface area contributed by atoms with Crippen LogP contribution in [0.5, 0.6) is 0 Å². The fourth-order valence-electron chi connectivity index (χ4n) is 2.93. The minimum atomic E-state index is -0.237. The second-order valence-corrected chi connectivity index (χ2v) is 6.80. The van der Waals surface area contributed by atoms with Gasteiger partial charge in [0.15, 0.2) is 5.13 Å². The number of rotatable bonds is 3. The number of carbonyl (C=O) groups is 2. The lowest BCUT2D eigenvalue weighted by Gasteiger charge is -2.31. The second-order valence-electron chi connectivity index (χ2n) is 5.94. The molecule has 0 spiro atoms. The van der Waals surface area contributed by atoms with Gasteiger partial charge >= 0.3 is 12.0 Å². The van der Waals surface area contributed by atoms with Crippen LogP contribution in [-0.4, -0.2) is 42.1 Å². The summed E-state index contributed by atoms with van der Waals surface area (Å²) in [6.45, 7) is 1.08. The van der Waals surface area contributed by atoms with Gasteiger partial charge in [0, 0.05) is 24.4 Å². The van der Waals surface area contributed by atoms with Gasteiger partial charge in [-0.1, -0.05) is 6.42 Å². The number of amides is 2. The van der Waals surface area contributed by atoms with Gasteiger partial charge in [-0.15, -0.1) is 11.3 Å². The van der Waals surface area contributed by atoms with E-state index < -0.39 is 0 Å². The number of nitrogens with zero attached hydrogens (tertiary/aromatic N) is 2. The molecule has 7 heteroatoms. The van der Waals surface area contributed by atoms with Crippen molar-refractivity contribution >= 4 is 28.5 Å². The Labute approximate surface area is 133 Å². The van der Waals surface area contributed by atoms with E-state index in [0.29, 0.717) is 24.1 Å². The van der Waals surface area contributed by atoms with Crippen LogP contribution in [0.1, 0.15) is 43.7 Å². The Morgan fingerprint density at radius 1 is 1.36 bits per heavy atom. The number of ether oxygens (including phenoxy) is 1. The van der Waals surface area contributed by atoms with Crippen LogP contribution >= 0.6 is 11.3 Å². The zero-order valence-corrected chi connectivity index (χ0v) is 13.5. The lowest BCUT2D eigenvalue weighted by Crippen LogP contribution is -2.44. The van der Waals surface area contributed by atoms with Crippen molar-refractivity contribution in [1.29, 1.82) is 0 Å². The summed E-state index contributed by atoms with van der Waals surface area (Å²) in [6, 6.07) is -0.178. The third-order valence-electron chi connectivity index (χ3n) is 4.50. The third kappa shape index (κ3) is 3.24. The number of anilines is 1. The molecule has 1 N–H and O–H groups in total. The molecule has 2 aliphatic rings. The molecule has 0 radical (unpaired) electrons. The first-order valence-electron chi connectivity index (χ1n) is 7.76. The lowest BCUT2D eigenvalue weighted by molar-refractivity contribution is -0.146. The average molecular weight is 323 g/mol. The van der Waals surface area contributed by atoms with E-state index in [0.717, 1.165) is 18.5 Å². The van der Waals surface area contributed by atoms with Crippen LogP contribution in [0.15, 0.2) is 5.38 Å². The number of hydrogen-bond acceptors (Lipinski definition) is 5. The Hall–Kier alpha value is -1.63. The summed E-state index contributed by atoms with van der Waals surface area (Å²) in [6.07, 6.45) is 5.26. The molecule has 2 fully saturated rings. The highest BCUT2D eigenvalue weighted by atomic mass is 32.1. The van der Waals surface area contributed by atoms with Crippen molar-refractivity contribution in [3.05, 3.63) is 11.1 Å². The summed E-state index contributed by atoms with van der Waals surface area (Å²) in [5.74, 6) is 0.117. The predicted molar refractivity (Wildman–Crippen MR) is 84.0 cm³/mol. The van der Waals surface area contributed by atoms with Gasteiger partial charge in [-0.3, -0.25) is 10.1 Å². The van der Waals surface area contributed by atoms with Gasteiger partial charge in [0.1, 0.15) is 0 Å². The summed E-state index contributed by atoms with van der Waals surface area (Å²) >= 11 is 1.47. The Bertz CT molecular complexity index is 556. The van der Waals surface area contributed by atoms with Crippen LogP contribution in [0.2, 0.25) is 0 Å². The van der Waals surface area contributed by atoms with E-state index in [2.05, 4.69) is 10.3 Å². The van der Waals surface area contributed by atoms with Crippen molar-refractivity contribution in [2.75, 3.05) is 25.5 Å². The number of urea groups is 1. The molecule has 2 amide bonds. The minimum Gasteiger partial charge on any atom is -0.469 e. The summed E-state index contributed by atoms with van der Waals surface area (Å²) in [5.41, 5.74) is 1.10. The summed E-state index contributed by atoms with van der Waals surface area (Å²) in [5, 5.41) is 5.53. The standard InChI is InChI=1S/C15H21N3O3S/c1-21-13(19)11-6-3-7-18(8-11)15(20)17-14-16-12(9-22-14)10-4-2-5-10/h9-11H,2-8H2,1H3,(H,16,17,20). The van der Waals surface area contributed by atoms with E-state index in [1.54, 1.807) is 4.90 Å². The number of methoxy groups -OCH3 is 1. The first-order valence-corrected chi connectivity index (χ1v) is 8.64. The molecule has 1 aromatic heterocycles. The fourth-order valence-corrected chi connectivity index (χ4v) is 3.71. The third-order valence-corrected chi connectivity index (χ3v) is 5.28. The smallest absolute Gasteiger partial charge is 0.323 e. The molecule has 1 aromatic rings. The van der Waals surface area contributed by atoms with E-state index in [1.807, 2.05) is 5.38 Å². The molecule has 1 atom stereocenters. The second kappa shape index (κ2) is 6.64. The number of likely N-dealkylation sites (tertiary alicyclic amines) is 1. The highest BCUT2D eigenvalue weighted by Crippen LogP contribution is 2.37. The van der Waals surface area contributed by atoms with Crippen LogP contribution in [0.3, 0.4) is 0 Å². The number of piperidine rings is 1. The SMILES string of the molecule is COC(=O)C1CCCN(C(=O)Nc2nc(C3CCC3)cs2)C1. The van der Waals surface area contributed by atoms with Gasteiger partial charge in [-0.05, 0) is 25.7 Å². The fraction of sp³-hybridized carbons (Fsp3) is 0.667. The Morgan fingerprint density at radius 2 is 2.18 bits per heavy atom. The zero-order chi connectivity index (χ0) is 15.5. The normalized spacial score (nSPS) is 22.0. The highest BCUT2D eigenvalue weighted by Gasteiger charge is 2.29. The van der Waals surface area contributed by atoms with Gasteiger partial charge in [0.05, 0.1) is 18.7 Å². The summed E-state index contributed by atoms with van der Waals surface area (Å²) < 4.78 is 4.78. The van der Waals surface area contributed by atoms with Gasteiger partial charge < -0.3 is 9.64 Å². The van der Waals surface area contributed by atoms with E-state index in [4.69, 9.17) is 4.74 Å². The maximum absolute atomic E-state index is 12.3. The molecule has 0 aromatic carbocycles. The van der Waals surface area contributed by atoms with Gasteiger partial charge in [-0.2, -0.15) is 0 Å². The zero-order valence-electron chi connectivity index (χ0n) is 12.7. The average Bonchev–Trinajstić information content (AvgIpc) is 2.92. The molecule has 22 heavy (non-hydrogen) atoms. The van der Waals surface area contributed by atoms with E-state index in [1.165, 1.54) is 37.7 Å². The molecule has 3 rings (SSSR count). The maximum Gasteiger partial charge on any atom is 0.323 e. The molecule has 1 saturated carbocycles. The van der Waals surface area contributed by atoms with Crippen LogP contribution < -0.4 is 5.32 Å². The van der Waals surface area contributed by atoms with Gasteiger partial charge in [-0.25, -0.2) is 9.78 Å². The molecular weight excluding hydrogens is 302 g/mol. The van der Waals surface area contributed by atoms with Crippen LogP contribution in [-0.2, 0) is 9.53 Å². The van der Waals surface area contributed by atoms with E-state index in [9.17, 15) is 9.59 Å². The Morgan fingerprint density at radius 3 is 2.86 bits per heavy atom. The first kappa shape index (κ1) is 15.3. The van der Waals surface area contributed by atoms with E-state index >= 15 is 0 Å². The number of thiazole rings is 1. The quantitative estimate of drug-likeness (QED) is 0.868.